The Morgan fingerprint density at radius 3 is 2.50 bits per heavy atom. The number of nitrogen functional groups attached to an aromatic ring is 1. The van der Waals surface area contributed by atoms with E-state index in [1.54, 1.807) is 0 Å². The average molecular weight is 252 g/mol. The van der Waals surface area contributed by atoms with Gasteiger partial charge in [-0.15, -0.1) is 0 Å². The molecule has 0 aliphatic carbocycles. The van der Waals surface area contributed by atoms with Crippen LogP contribution in [0.3, 0.4) is 0 Å². The molecule has 0 aliphatic rings. The molecule has 0 fully saturated rings. The van der Waals surface area contributed by atoms with Gasteiger partial charge in [-0.25, -0.2) is 9.18 Å². The minimum absolute atomic E-state index is 0.152. The Balaban J connectivity index is 2.91. The molecule has 0 saturated heterocycles. The van der Waals surface area contributed by atoms with Crippen LogP contribution in [-0.2, 0) is 0 Å². The second kappa shape index (κ2) is 5.03. The number of amides is 2. The van der Waals surface area contributed by atoms with Gasteiger partial charge in [0.05, 0.1) is 5.69 Å². The summed E-state index contributed by atoms with van der Waals surface area (Å²) in [5, 5.41) is 12.6. The molecule has 1 rings (SSSR count). The predicted molar refractivity (Wildman–Crippen MR) is 69.3 cm³/mol. The van der Waals surface area contributed by atoms with E-state index in [-0.39, 0.29) is 16.9 Å². The van der Waals surface area contributed by atoms with E-state index in [4.69, 9.17) is 11.1 Å². The fourth-order valence-corrected chi connectivity index (χ4v) is 1.34. The molecule has 0 radical (unpaired) electrons. The highest BCUT2D eigenvalue weighted by atomic mass is 19.1. The molecular weight excluding hydrogens is 235 g/mol. The fraction of sp³-hybridized carbons (Fsp3) is 0.333. The van der Waals surface area contributed by atoms with Crippen LogP contribution in [0.15, 0.2) is 18.2 Å². The molecule has 1 aromatic rings. The lowest BCUT2D eigenvalue weighted by Crippen LogP contribution is -2.43. The third-order valence-corrected chi connectivity index (χ3v) is 2.01. The quantitative estimate of drug-likeness (QED) is 0.479. The number of rotatable bonds is 2. The molecule has 0 spiro atoms. The van der Waals surface area contributed by atoms with Crippen molar-refractivity contribution in [3.8, 4) is 0 Å². The van der Waals surface area contributed by atoms with Gasteiger partial charge in [0.2, 0.25) is 0 Å². The zero-order valence-corrected chi connectivity index (χ0v) is 10.6. The van der Waals surface area contributed by atoms with Crippen LogP contribution in [0.25, 0.3) is 0 Å². The summed E-state index contributed by atoms with van der Waals surface area (Å²) in [4.78, 5) is 11.7. The maximum Gasteiger partial charge on any atom is 0.319 e. The van der Waals surface area contributed by atoms with E-state index in [2.05, 4.69) is 10.6 Å². The molecule has 0 aliphatic heterocycles. The zero-order chi connectivity index (χ0) is 13.9. The van der Waals surface area contributed by atoms with Crippen molar-refractivity contribution in [1.29, 1.82) is 5.41 Å². The lowest BCUT2D eigenvalue weighted by atomic mass is 10.1. The molecule has 0 heterocycles. The van der Waals surface area contributed by atoms with Gasteiger partial charge in [-0.1, -0.05) is 0 Å². The van der Waals surface area contributed by atoms with Gasteiger partial charge in [-0.05, 0) is 39.0 Å². The minimum Gasteiger partial charge on any atom is -0.384 e. The normalized spacial score (nSPS) is 10.9. The van der Waals surface area contributed by atoms with Crippen LogP contribution in [0.5, 0.6) is 0 Å². The molecule has 18 heavy (non-hydrogen) atoms. The number of urea groups is 1. The summed E-state index contributed by atoms with van der Waals surface area (Å²) >= 11 is 0. The topological polar surface area (TPSA) is 91.0 Å². The van der Waals surface area contributed by atoms with Crippen molar-refractivity contribution in [2.75, 3.05) is 5.32 Å². The van der Waals surface area contributed by atoms with Gasteiger partial charge in [0.25, 0.3) is 0 Å². The summed E-state index contributed by atoms with van der Waals surface area (Å²) in [7, 11) is 0. The van der Waals surface area contributed by atoms with Crippen LogP contribution in [-0.4, -0.2) is 17.4 Å². The Morgan fingerprint density at radius 2 is 2.00 bits per heavy atom. The van der Waals surface area contributed by atoms with E-state index in [1.165, 1.54) is 12.1 Å². The Hall–Kier alpha value is -2.11. The number of anilines is 1. The van der Waals surface area contributed by atoms with Gasteiger partial charge < -0.3 is 16.4 Å². The monoisotopic (exact) mass is 252 g/mol. The number of carbonyl (C=O) groups is 1. The minimum atomic E-state index is -0.512. The van der Waals surface area contributed by atoms with Crippen molar-refractivity contribution in [2.24, 2.45) is 5.73 Å². The summed E-state index contributed by atoms with van der Waals surface area (Å²) in [6.45, 7) is 5.51. The first-order chi connectivity index (χ1) is 8.19. The maximum atomic E-state index is 13.0. The molecule has 6 heteroatoms. The smallest absolute Gasteiger partial charge is 0.319 e. The Bertz CT molecular complexity index is 479. The lowest BCUT2D eigenvalue weighted by Gasteiger charge is -2.21. The molecule has 0 aromatic heterocycles. The predicted octanol–water partition coefficient (Wildman–Crippen LogP) is 2.03. The first-order valence-corrected chi connectivity index (χ1v) is 5.42. The van der Waals surface area contributed by atoms with Crippen molar-refractivity contribution >= 4 is 17.6 Å². The molecule has 0 unspecified atom stereocenters. The number of halogens is 1. The number of hydrogen-bond acceptors (Lipinski definition) is 2. The molecular formula is C12H17FN4O. The second-order valence-corrected chi connectivity index (χ2v) is 4.93. The first kappa shape index (κ1) is 14.0. The lowest BCUT2D eigenvalue weighted by molar-refractivity contribution is 0.244. The molecule has 5 N–H and O–H groups in total. The number of nitrogens with two attached hydrogens (primary N) is 1. The molecule has 2 amide bonds. The van der Waals surface area contributed by atoms with Crippen molar-refractivity contribution in [3.05, 3.63) is 29.6 Å². The molecule has 5 nitrogen and oxygen atoms in total. The molecule has 0 atom stereocenters. The third-order valence-electron chi connectivity index (χ3n) is 2.01. The number of nitrogens with one attached hydrogen (secondary N) is 3. The Morgan fingerprint density at radius 1 is 1.39 bits per heavy atom. The maximum absolute atomic E-state index is 13.0. The number of hydrogen-bond donors (Lipinski definition) is 4. The van der Waals surface area contributed by atoms with Gasteiger partial charge in [0.15, 0.2) is 0 Å². The van der Waals surface area contributed by atoms with E-state index >= 15 is 0 Å². The van der Waals surface area contributed by atoms with Gasteiger partial charge in [-0.2, -0.15) is 0 Å². The van der Waals surface area contributed by atoms with Gasteiger partial charge in [-0.3, -0.25) is 5.41 Å². The average Bonchev–Trinajstić information content (AvgIpc) is 2.17. The highest BCUT2D eigenvalue weighted by molar-refractivity contribution is 6.04. The number of amidine groups is 1. The van der Waals surface area contributed by atoms with Gasteiger partial charge >= 0.3 is 6.03 Å². The Kier molecular flexibility index (Phi) is 3.90. The van der Waals surface area contributed by atoms with Crippen LogP contribution in [0.2, 0.25) is 0 Å². The van der Waals surface area contributed by atoms with Crippen LogP contribution >= 0.6 is 0 Å². The van der Waals surface area contributed by atoms with E-state index in [9.17, 15) is 9.18 Å². The van der Waals surface area contributed by atoms with Crippen molar-refractivity contribution in [2.45, 2.75) is 26.3 Å². The van der Waals surface area contributed by atoms with E-state index in [0.717, 1.165) is 6.07 Å². The van der Waals surface area contributed by atoms with Crippen molar-refractivity contribution in [1.82, 2.24) is 5.32 Å². The van der Waals surface area contributed by atoms with Crippen molar-refractivity contribution < 1.29 is 9.18 Å². The highest BCUT2D eigenvalue weighted by Gasteiger charge is 2.15. The number of benzene rings is 1. The highest BCUT2D eigenvalue weighted by Crippen LogP contribution is 2.16. The van der Waals surface area contributed by atoms with Crippen LogP contribution in [0, 0.1) is 11.2 Å². The first-order valence-electron chi connectivity index (χ1n) is 5.42. The standard InChI is InChI=1S/C12H17FN4O/c1-12(2,3)17-11(18)16-9-5-4-7(13)6-8(9)10(14)15/h4-6H,1-3H3,(H3,14,15)(H2,16,17,18). The summed E-state index contributed by atoms with van der Waals surface area (Å²) in [5.74, 6) is -0.817. The van der Waals surface area contributed by atoms with Gasteiger partial charge in [0.1, 0.15) is 11.7 Å². The zero-order valence-electron chi connectivity index (χ0n) is 10.6. The summed E-state index contributed by atoms with van der Waals surface area (Å²) in [6, 6.07) is 3.24. The van der Waals surface area contributed by atoms with Crippen LogP contribution < -0.4 is 16.4 Å². The third kappa shape index (κ3) is 4.04. The fourth-order valence-electron chi connectivity index (χ4n) is 1.34. The van der Waals surface area contributed by atoms with Crippen LogP contribution in [0.1, 0.15) is 26.3 Å². The summed E-state index contributed by atoms with van der Waals surface area (Å²) in [5.41, 5.74) is 5.39. The summed E-state index contributed by atoms with van der Waals surface area (Å²) in [6.07, 6.45) is 0. The molecule has 98 valence electrons. The van der Waals surface area contributed by atoms with E-state index < -0.39 is 11.8 Å². The molecule has 1 aromatic carbocycles. The van der Waals surface area contributed by atoms with Gasteiger partial charge in [0, 0.05) is 11.1 Å². The van der Waals surface area contributed by atoms with Crippen molar-refractivity contribution in [3.63, 3.8) is 0 Å². The number of carbonyl (C=O) groups excluding carboxylic acids is 1. The van der Waals surface area contributed by atoms with E-state index in [0.29, 0.717) is 5.69 Å². The summed E-state index contributed by atoms with van der Waals surface area (Å²) < 4.78 is 13.0. The Labute approximate surface area is 105 Å². The molecule has 0 bridgehead atoms. The SMILES string of the molecule is CC(C)(C)NC(=O)Nc1ccc(F)cc1C(=N)N. The van der Waals surface area contributed by atoms with E-state index in [1.807, 2.05) is 20.8 Å². The van der Waals surface area contributed by atoms with Crippen LogP contribution in [0.4, 0.5) is 14.9 Å². The largest absolute Gasteiger partial charge is 0.384 e. The second-order valence-electron chi connectivity index (χ2n) is 4.93. The molecule has 0 saturated carbocycles.